The van der Waals surface area contributed by atoms with Gasteiger partial charge in [-0.05, 0) is 19.4 Å². The molecular formula is C14H25N5O. The molecule has 1 aliphatic rings. The molecule has 1 saturated heterocycles. The predicted molar refractivity (Wildman–Crippen MR) is 81.4 cm³/mol. The average molecular weight is 279 g/mol. The molecule has 0 bridgehead atoms. The van der Waals surface area contributed by atoms with E-state index < -0.39 is 0 Å². The van der Waals surface area contributed by atoms with Gasteiger partial charge < -0.3 is 20.3 Å². The van der Waals surface area contributed by atoms with E-state index in [2.05, 4.69) is 27.5 Å². The van der Waals surface area contributed by atoms with Crippen LogP contribution in [0.25, 0.3) is 0 Å². The first-order valence-corrected chi connectivity index (χ1v) is 7.19. The van der Waals surface area contributed by atoms with Gasteiger partial charge in [0, 0.05) is 39.5 Å². The van der Waals surface area contributed by atoms with Crippen molar-refractivity contribution in [2.45, 2.75) is 31.9 Å². The molecule has 0 radical (unpaired) electrons. The van der Waals surface area contributed by atoms with Gasteiger partial charge in [0.1, 0.15) is 5.82 Å². The summed E-state index contributed by atoms with van der Waals surface area (Å²) in [5.41, 5.74) is 1.05. The fourth-order valence-corrected chi connectivity index (χ4v) is 2.39. The van der Waals surface area contributed by atoms with E-state index in [0.29, 0.717) is 0 Å². The number of ether oxygens (including phenoxy) is 1. The van der Waals surface area contributed by atoms with Crippen LogP contribution in [-0.4, -0.2) is 56.4 Å². The van der Waals surface area contributed by atoms with Gasteiger partial charge in [-0.25, -0.2) is 4.98 Å². The summed E-state index contributed by atoms with van der Waals surface area (Å²) in [6.07, 6.45) is 2.13. The van der Waals surface area contributed by atoms with E-state index in [-0.39, 0.29) is 12.1 Å². The molecule has 0 amide bonds. The summed E-state index contributed by atoms with van der Waals surface area (Å²) in [4.78, 5) is 11.0. The van der Waals surface area contributed by atoms with Crippen molar-refractivity contribution in [1.29, 1.82) is 0 Å². The van der Waals surface area contributed by atoms with E-state index in [1.165, 1.54) is 0 Å². The third kappa shape index (κ3) is 3.58. The second-order valence-electron chi connectivity index (χ2n) is 5.31. The zero-order chi connectivity index (χ0) is 14.5. The molecule has 0 spiro atoms. The Labute approximate surface area is 120 Å². The Morgan fingerprint density at radius 1 is 1.45 bits per heavy atom. The van der Waals surface area contributed by atoms with Crippen molar-refractivity contribution in [3.8, 4) is 0 Å². The lowest BCUT2D eigenvalue weighted by molar-refractivity contribution is 0.0664. The molecule has 2 N–H and O–H groups in total. The summed E-state index contributed by atoms with van der Waals surface area (Å²) in [7, 11) is 5.69. The molecule has 1 fully saturated rings. The van der Waals surface area contributed by atoms with Crippen molar-refractivity contribution in [2.24, 2.45) is 0 Å². The number of hydrogen-bond donors (Lipinski definition) is 2. The summed E-state index contributed by atoms with van der Waals surface area (Å²) < 4.78 is 5.55. The maximum atomic E-state index is 5.55. The minimum Gasteiger partial charge on any atom is -0.379 e. The van der Waals surface area contributed by atoms with Crippen molar-refractivity contribution in [3.05, 3.63) is 11.8 Å². The minimum absolute atomic E-state index is 0.221. The molecule has 1 aromatic heterocycles. The number of piperidine rings is 1. The molecule has 2 atom stereocenters. The summed E-state index contributed by atoms with van der Waals surface area (Å²) >= 11 is 0. The molecule has 0 aliphatic carbocycles. The molecule has 0 unspecified atom stereocenters. The Morgan fingerprint density at radius 2 is 2.25 bits per heavy atom. The number of aromatic nitrogens is 2. The molecule has 1 aromatic rings. The van der Waals surface area contributed by atoms with Gasteiger partial charge in [-0.15, -0.1) is 0 Å². The number of nitrogens with one attached hydrogen (secondary N) is 2. The third-order valence-corrected chi connectivity index (χ3v) is 3.58. The minimum atomic E-state index is 0.221. The van der Waals surface area contributed by atoms with Gasteiger partial charge in [0.25, 0.3) is 0 Å². The zero-order valence-electron chi connectivity index (χ0n) is 12.8. The van der Waals surface area contributed by atoms with Crippen LogP contribution in [0.2, 0.25) is 0 Å². The first-order valence-electron chi connectivity index (χ1n) is 7.19. The standard InChI is InChI=1S/C14H25N5O/c1-5-10-8-13(18-14(16-10)19(2)3)17-11-9-15-7-6-12(11)20-4/h8,11-12,15H,5-7,9H2,1-4H3,(H,16,17,18)/t11-,12+/m0/s1. The van der Waals surface area contributed by atoms with E-state index >= 15 is 0 Å². The monoisotopic (exact) mass is 279 g/mol. The lowest BCUT2D eigenvalue weighted by Crippen LogP contribution is -2.49. The number of hydrogen-bond acceptors (Lipinski definition) is 6. The fraction of sp³-hybridized carbons (Fsp3) is 0.714. The van der Waals surface area contributed by atoms with Crippen molar-refractivity contribution in [2.75, 3.05) is 44.5 Å². The molecule has 2 rings (SSSR count). The number of rotatable bonds is 5. The average Bonchev–Trinajstić information content (AvgIpc) is 2.47. The highest BCUT2D eigenvalue weighted by molar-refractivity contribution is 5.44. The van der Waals surface area contributed by atoms with Gasteiger partial charge in [-0.2, -0.15) is 4.98 Å². The van der Waals surface area contributed by atoms with E-state index in [4.69, 9.17) is 4.74 Å². The smallest absolute Gasteiger partial charge is 0.226 e. The largest absolute Gasteiger partial charge is 0.379 e. The summed E-state index contributed by atoms with van der Waals surface area (Å²) in [5, 5.41) is 6.88. The molecule has 1 aliphatic heterocycles. The number of anilines is 2. The lowest BCUT2D eigenvalue weighted by atomic mass is 10.0. The Kier molecular flexibility index (Phi) is 5.14. The summed E-state index contributed by atoms with van der Waals surface area (Å²) in [6.45, 7) is 4.00. The summed E-state index contributed by atoms with van der Waals surface area (Å²) in [6, 6.07) is 2.26. The van der Waals surface area contributed by atoms with Crippen LogP contribution in [0.1, 0.15) is 19.0 Å². The van der Waals surface area contributed by atoms with E-state index in [1.54, 1.807) is 7.11 Å². The van der Waals surface area contributed by atoms with Crippen LogP contribution in [0.15, 0.2) is 6.07 Å². The van der Waals surface area contributed by atoms with Gasteiger partial charge in [0.05, 0.1) is 12.1 Å². The summed E-state index contributed by atoms with van der Waals surface area (Å²) in [5.74, 6) is 1.61. The molecule has 20 heavy (non-hydrogen) atoms. The van der Waals surface area contributed by atoms with E-state index in [9.17, 15) is 0 Å². The van der Waals surface area contributed by atoms with Crippen LogP contribution in [0, 0.1) is 0 Å². The Balaban J connectivity index is 2.16. The van der Waals surface area contributed by atoms with Gasteiger partial charge in [-0.1, -0.05) is 6.92 Å². The number of aryl methyl sites for hydroxylation is 1. The van der Waals surface area contributed by atoms with E-state index in [0.717, 1.165) is 43.4 Å². The second-order valence-corrected chi connectivity index (χ2v) is 5.31. The molecule has 0 aromatic carbocycles. The third-order valence-electron chi connectivity index (χ3n) is 3.58. The predicted octanol–water partition coefficient (Wildman–Crippen LogP) is 0.894. The highest BCUT2D eigenvalue weighted by Gasteiger charge is 2.25. The van der Waals surface area contributed by atoms with Crippen LogP contribution in [0.5, 0.6) is 0 Å². The van der Waals surface area contributed by atoms with Crippen molar-refractivity contribution >= 4 is 11.8 Å². The van der Waals surface area contributed by atoms with Gasteiger partial charge >= 0.3 is 0 Å². The highest BCUT2D eigenvalue weighted by atomic mass is 16.5. The maximum absolute atomic E-state index is 5.55. The molecular weight excluding hydrogens is 254 g/mol. The van der Waals surface area contributed by atoms with Gasteiger partial charge in [-0.3, -0.25) is 0 Å². The van der Waals surface area contributed by atoms with Gasteiger partial charge in [0.15, 0.2) is 0 Å². The Hall–Kier alpha value is -1.40. The topological polar surface area (TPSA) is 62.3 Å². The normalized spacial score (nSPS) is 22.6. The molecule has 0 saturated carbocycles. The zero-order valence-corrected chi connectivity index (χ0v) is 12.8. The van der Waals surface area contributed by atoms with Crippen LogP contribution in [0.3, 0.4) is 0 Å². The van der Waals surface area contributed by atoms with Crippen molar-refractivity contribution in [1.82, 2.24) is 15.3 Å². The number of methoxy groups -OCH3 is 1. The first-order chi connectivity index (χ1) is 9.63. The first kappa shape index (κ1) is 15.0. The van der Waals surface area contributed by atoms with Gasteiger partial charge in [0.2, 0.25) is 5.95 Å². The Morgan fingerprint density at radius 3 is 2.90 bits per heavy atom. The highest BCUT2D eigenvalue weighted by Crippen LogP contribution is 2.17. The molecule has 6 nitrogen and oxygen atoms in total. The quantitative estimate of drug-likeness (QED) is 0.835. The maximum Gasteiger partial charge on any atom is 0.226 e. The van der Waals surface area contributed by atoms with Crippen LogP contribution < -0.4 is 15.5 Å². The van der Waals surface area contributed by atoms with Crippen LogP contribution in [0.4, 0.5) is 11.8 Å². The molecule has 112 valence electrons. The SMILES string of the molecule is CCc1cc(N[C@H]2CNCC[C@H]2OC)nc(N(C)C)n1. The Bertz CT molecular complexity index is 438. The van der Waals surface area contributed by atoms with Crippen molar-refractivity contribution in [3.63, 3.8) is 0 Å². The second kappa shape index (κ2) is 6.85. The molecule has 6 heteroatoms. The van der Waals surface area contributed by atoms with E-state index in [1.807, 2.05) is 25.1 Å². The fourth-order valence-electron chi connectivity index (χ4n) is 2.39. The lowest BCUT2D eigenvalue weighted by Gasteiger charge is -2.32. The molecule has 2 heterocycles. The van der Waals surface area contributed by atoms with Crippen LogP contribution in [-0.2, 0) is 11.2 Å². The number of nitrogens with zero attached hydrogens (tertiary/aromatic N) is 3. The van der Waals surface area contributed by atoms with Crippen LogP contribution >= 0.6 is 0 Å². The van der Waals surface area contributed by atoms with Crippen molar-refractivity contribution < 1.29 is 4.74 Å².